The smallest absolute Gasteiger partial charge is 0.254 e. The lowest BCUT2D eigenvalue weighted by atomic mass is 10.2. The largest absolute Gasteiger partial charge is 0.349 e. The van der Waals surface area contributed by atoms with Crippen molar-refractivity contribution in [3.63, 3.8) is 0 Å². The summed E-state index contributed by atoms with van der Waals surface area (Å²) in [5.74, 6) is -0.437. The monoisotopic (exact) mass is 225 g/mol. The van der Waals surface area contributed by atoms with Crippen molar-refractivity contribution in [2.75, 3.05) is 7.11 Å². The first kappa shape index (κ1) is 11.4. The van der Waals surface area contributed by atoms with Gasteiger partial charge in [0.1, 0.15) is 11.2 Å². The molecule has 1 aromatic rings. The minimum atomic E-state index is -0.968. The number of methoxy groups -OCH3 is 1. The molecule has 15 heavy (non-hydrogen) atoms. The number of ether oxygens (including phenoxy) is 1. The van der Waals surface area contributed by atoms with E-state index in [1.54, 1.807) is 6.07 Å². The molecule has 1 heterocycles. The predicted octanol–water partition coefficient (Wildman–Crippen LogP) is 0.961. The van der Waals surface area contributed by atoms with Gasteiger partial charge in [-0.2, -0.15) is 5.26 Å². The van der Waals surface area contributed by atoms with E-state index in [1.165, 1.54) is 25.4 Å². The predicted molar refractivity (Wildman–Crippen MR) is 53.1 cm³/mol. The van der Waals surface area contributed by atoms with Gasteiger partial charge in [-0.15, -0.1) is 0 Å². The number of hydrogen-bond acceptors (Lipinski definition) is 4. The number of carbonyl (C=O) groups excluding carboxylic acids is 1. The van der Waals surface area contributed by atoms with Crippen molar-refractivity contribution in [2.45, 2.75) is 6.23 Å². The highest BCUT2D eigenvalue weighted by atomic mass is 35.5. The number of rotatable bonds is 3. The molecule has 1 rings (SSSR count). The van der Waals surface area contributed by atoms with E-state index in [-0.39, 0.29) is 5.15 Å². The number of hydrogen-bond donors (Lipinski definition) is 1. The molecule has 5 nitrogen and oxygen atoms in total. The standard InChI is InChI=1S/C9H8ClN3O2/c1-15-8(5-11)13-9(14)6-2-3-12-7(10)4-6/h2-4,8H,1H3,(H,13,14). The third-order valence-electron chi connectivity index (χ3n) is 1.60. The molecule has 0 spiro atoms. The highest BCUT2D eigenvalue weighted by Crippen LogP contribution is 2.06. The third kappa shape index (κ3) is 3.20. The molecule has 6 heteroatoms. The van der Waals surface area contributed by atoms with E-state index in [1.807, 2.05) is 0 Å². The van der Waals surface area contributed by atoms with Gasteiger partial charge in [-0.3, -0.25) is 4.79 Å². The SMILES string of the molecule is COC(C#N)NC(=O)c1ccnc(Cl)c1. The first-order valence-corrected chi connectivity index (χ1v) is 4.40. The number of halogens is 1. The summed E-state index contributed by atoms with van der Waals surface area (Å²) in [6.07, 6.45) is 0.440. The second kappa shape index (κ2) is 5.29. The zero-order chi connectivity index (χ0) is 11.3. The Kier molecular flexibility index (Phi) is 4.03. The van der Waals surface area contributed by atoms with Gasteiger partial charge >= 0.3 is 0 Å². The molecule has 0 fully saturated rings. The fraction of sp³-hybridized carbons (Fsp3) is 0.222. The molecule has 0 aliphatic rings. The molecule has 0 radical (unpaired) electrons. The van der Waals surface area contributed by atoms with Gasteiger partial charge in [0, 0.05) is 18.9 Å². The summed E-state index contributed by atoms with van der Waals surface area (Å²) in [5.41, 5.74) is 0.326. The van der Waals surface area contributed by atoms with Crippen molar-refractivity contribution >= 4 is 17.5 Å². The maximum absolute atomic E-state index is 11.5. The van der Waals surface area contributed by atoms with Gasteiger partial charge in [0.25, 0.3) is 5.91 Å². The third-order valence-corrected chi connectivity index (χ3v) is 1.81. The Balaban J connectivity index is 2.74. The molecule has 1 amide bonds. The van der Waals surface area contributed by atoms with Crippen LogP contribution in [0.1, 0.15) is 10.4 Å². The van der Waals surface area contributed by atoms with Crippen LogP contribution < -0.4 is 5.32 Å². The van der Waals surface area contributed by atoms with Crippen molar-refractivity contribution in [3.8, 4) is 6.07 Å². The zero-order valence-corrected chi connectivity index (χ0v) is 8.65. The van der Waals surface area contributed by atoms with Crippen molar-refractivity contribution < 1.29 is 9.53 Å². The van der Waals surface area contributed by atoms with Gasteiger partial charge in [0.05, 0.1) is 0 Å². The molecule has 0 saturated heterocycles. The molecule has 1 atom stereocenters. The lowest BCUT2D eigenvalue weighted by molar-refractivity contribution is 0.0764. The first-order chi connectivity index (χ1) is 7.17. The Bertz CT molecular complexity index is 403. The number of nitrogens with one attached hydrogen (secondary N) is 1. The van der Waals surface area contributed by atoms with E-state index >= 15 is 0 Å². The number of pyridine rings is 1. The number of nitriles is 1. The lowest BCUT2D eigenvalue weighted by Crippen LogP contribution is -2.34. The van der Waals surface area contributed by atoms with E-state index < -0.39 is 12.1 Å². The van der Waals surface area contributed by atoms with Gasteiger partial charge in [-0.05, 0) is 12.1 Å². The number of amides is 1. The summed E-state index contributed by atoms with van der Waals surface area (Å²) in [5, 5.41) is 11.1. The summed E-state index contributed by atoms with van der Waals surface area (Å²) < 4.78 is 4.68. The molecule has 0 bridgehead atoms. The van der Waals surface area contributed by atoms with Crippen LogP contribution in [0.25, 0.3) is 0 Å². The summed E-state index contributed by atoms with van der Waals surface area (Å²) in [4.78, 5) is 15.2. The van der Waals surface area contributed by atoms with Gasteiger partial charge in [0.2, 0.25) is 6.23 Å². The Morgan fingerprint density at radius 2 is 2.53 bits per heavy atom. The number of aromatic nitrogens is 1. The fourth-order valence-corrected chi connectivity index (χ4v) is 1.06. The number of carbonyl (C=O) groups is 1. The van der Waals surface area contributed by atoms with E-state index in [4.69, 9.17) is 16.9 Å². The van der Waals surface area contributed by atoms with Crippen LogP contribution in [0.4, 0.5) is 0 Å². The second-order valence-electron chi connectivity index (χ2n) is 2.59. The van der Waals surface area contributed by atoms with Crippen molar-refractivity contribution in [3.05, 3.63) is 29.0 Å². The fourth-order valence-electron chi connectivity index (χ4n) is 0.890. The van der Waals surface area contributed by atoms with E-state index in [0.29, 0.717) is 5.56 Å². The first-order valence-electron chi connectivity index (χ1n) is 4.02. The molecule has 0 saturated carbocycles. The molecule has 1 unspecified atom stereocenters. The molecule has 0 aliphatic carbocycles. The van der Waals surface area contributed by atoms with Crippen LogP contribution in [0.3, 0.4) is 0 Å². The van der Waals surface area contributed by atoms with Crippen LogP contribution in [0.15, 0.2) is 18.3 Å². The molecule has 78 valence electrons. The van der Waals surface area contributed by atoms with Crippen molar-refractivity contribution in [1.82, 2.24) is 10.3 Å². The van der Waals surface area contributed by atoms with E-state index in [9.17, 15) is 4.79 Å². The summed E-state index contributed by atoms with van der Waals surface area (Å²) >= 11 is 5.61. The van der Waals surface area contributed by atoms with E-state index in [2.05, 4.69) is 15.0 Å². The van der Waals surface area contributed by atoms with Gasteiger partial charge in [-0.25, -0.2) is 4.98 Å². The molecule has 1 aromatic heterocycles. The minimum Gasteiger partial charge on any atom is -0.349 e. The Hall–Kier alpha value is -1.64. The van der Waals surface area contributed by atoms with Gasteiger partial charge < -0.3 is 10.1 Å². The summed E-state index contributed by atoms with van der Waals surface area (Å²) in [6.45, 7) is 0. The maximum Gasteiger partial charge on any atom is 0.254 e. The van der Waals surface area contributed by atoms with Crippen LogP contribution in [0, 0.1) is 11.3 Å². The molecular formula is C9H8ClN3O2. The van der Waals surface area contributed by atoms with Crippen molar-refractivity contribution in [1.29, 1.82) is 5.26 Å². The minimum absolute atomic E-state index is 0.216. The van der Waals surface area contributed by atoms with Crippen LogP contribution in [0.2, 0.25) is 5.15 Å². The van der Waals surface area contributed by atoms with Crippen LogP contribution in [-0.2, 0) is 4.74 Å². The van der Waals surface area contributed by atoms with Gasteiger partial charge in [-0.1, -0.05) is 11.6 Å². The molecular weight excluding hydrogens is 218 g/mol. The highest BCUT2D eigenvalue weighted by Gasteiger charge is 2.11. The van der Waals surface area contributed by atoms with Crippen LogP contribution >= 0.6 is 11.6 Å². The quantitative estimate of drug-likeness (QED) is 0.614. The summed E-state index contributed by atoms with van der Waals surface area (Å²) in [7, 11) is 1.33. The second-order valence-corrected chi connectivity index (χ2v) is 2.97. The average molecular weight is 226 g/mol. The average Bonchev–Trinajstić information content (AvgIpc) is 2.25. The van der Waals surface area contributed by atoms with Crippen LogP contribution in [0.5, 0.6) is 0 Å². The topological polar surface area (TPSA) is 75.0 Å². The molecule has 0 aromatic carbocycles. The maximum atomic E-state index is 11.5. The lowest BCUT2D eigenvalue weighted by Gasteiger charge is -2.09. The van der Waals surface area contributed by atoms with Gasteiger partial charge in [0.15, 0.2) is 0 Å². The normalized spacial score (nSPS) is 11.5. The molecule has 0 aliphatic heterocycles. The summed E-state index contributed by atoms with van der Waals surface area (Å²) in [6, 6.07) is 4.66. The Morgan fingerprint density at radius 3 is 3.07 bits per heavy atom. The van der Waals surface area contributed by atoms with E-state index in [0.717, 1.165) is 0 Å². The Labute approximate surface area is 91.6 Å². The highest BCUT2D eigenvalue weighted by molar-refractivity contribution is 6.29. The Morgan fingerprint density at radius 1 is 1.80 bits per heavy atom. The van der Waals surface area contributed by atoms with Crippen molar-refractivity contribution in [2.24, 2.45) is 0 Å². The zero-order valence-electron chi connectivity index (χ0n) is 7.90. The van der Waals surface area contributed by atoms with Crippen LogP contribution in [-0.4, -0.2) is 24.2 Å². The molecule has 1 N–H and O–H groups in total. The number of nitrogens with zero attached hydrogens (tertiary/aromatic N) is 2.